The molecule has 1 amide bonds. The third-order valence-corrected chi connectivity index (χ3v) is 7.77. The Kier molecular flexibility index (Phi) is 6.64. The standard InChI is InChI=1S/C23H24ClN3O4S/c1-16-20(26-23(31-16)17-8-4-2-5-9-17)15-22(28)25-18-10-11-19(24)21(14-18)32(29,30)27-12-6-3-7-13-27/h2,4-5,8-11,14H,3,6-7,12-13,15H2,1H3,(H,25,28). The average molecular weight is 474 g/mol. The number of benzene rings is 2. The molecular formula is C23H24ClN3O4S. The molecule has 1 fully saturated rings. The highest BCUT2D eigenvalue weighted by Crippen LogP contribution is 2.29. The van der Waals surface area contributed by atoms with Gasteiger partial charge >= 0.3 is 0 Å². The zero-order valence-electron chi connectivity index (χ0n) is 17.7. The van der Waals surface area contributed by atoms with E-state index in [-0.39, 0.29) is 22.2 Å². The number of nitrogens with one attached hydrogen (secondary N) is 1. The molecule has 32 heavy (non-hydrogen) atoms. The molecule has 0 spiro atoms. The van der Waals surface area contributed by atoms with Crippen LogP contribution in [0.1, 0.15) is 30.7 Å². The lowest BCUT2D eigenvalue weighted by Gasteiger charge is -2.26. The van der Waals surface area contributed by atoms with Crippen LogP contribution in [0.4, 0.5) is 5.69 Å². The molecule has 1 N–H and O–H groups in total. The van der Waals surface area contributed by atoms with E-state index in [0.29, 0.717) is 36.1 Å². The number of aromatic nitrogens is 1. The summed E-state index contributed by atoms with van der Waals surface area (Å²) in [6.45, 7) is 2.71. The number of amides is 1. The van der Waals surface area contributed by atoms with Crippen LogP contribution in [0.25, 0.3) is 11.5 Å². The predicted molar refractivity (Wildman–Crippen MR) is 123 cm³/mol. The van der Waals surface area contributed by atoms with Crippen LogP contribution in [0.2, 0.25) is 5.02 Å². The quantitative estimate of drug-likeness (QED) is 0.562. The minimum absolute atomic E-state index is 0.000990. The van der Waals surface area contributed by atoms with Crippen LogP contribution in [0, 0.1) is 6.92 Å². The van der Waals surface area contributed by atoms with Crippen molar-refractivity contribution < 1.29 is 17.6 Å². The summed E-state index contributed by atoms with van der Waals surface area (Å²) < 4.78 is 33.2. The van der Waals surface area contributed by atoms with E-state index < -0.39 is 10.0 Å². The summed E-state index contributed by atoms with van der Waals surface area (Å²) in [7, 11) is -3.72. The zero-order chi connectivity index (χ0) is 22.7. The number of carbonyl (C=O) groups is 1. The van der Waals surface area contributed by atoms with Crippen LogP contribution in [0.5, 0.6) is 0 Å². The normalized spacial score (nSPS) is 14.9. The first-order chi connectivity index (χ1) is 15.3. The van der Waals surface area contributed by atoms with E-state index in [4.69, 9.17) is 16.0 Å². The fourth-order valence-electron chi connectivity index (χ4n) is 3.68. The van der Waals surface area contributed by atoms with Crippen LogP contribution in [-0.4, -0.2) is 36.7 Å². The number of rotatable bonds is 6. The number of piperidine rings is 1. The second kappa shape index (κ2) is 9.44. The van der Waals surface area contributed by atoms with Crippen molar-refractivity contribution in [1.82, 2.24) is 9.29 Å². The Bertz CT molecular complexity index is 1220. The lowest BCUT2D eigenvalue weighted by atomic mass is 10.2. The number of sulfonamides is 1. The SMILES string of the molecule is Cc1oc(-c2ccccc2)nc1CC(=O)Nc1ccc(Cl)c(S(=O)(=O)N2CCCCC2)c1. The molecule has 0 unspecified atom stereocenters. The molecular weight excluding hydrogens is 450 g/mol. The van der Waals surface area contributed by atoms with Gasteiger partial charge in [-0.2, -0.15) is 4.31 Å². The molecule has 0 radical (unpaired) electrons. The topological polar surface area (TPSA) is 92.5 Å². The number of carbonyl (C=O) groups excluding carboxylic acids is 1. The third kappa shape index (κ3) is 4.87. The summed E-state index contributed by atoms with van der Waals surface area (Å²) in [5.74, 6) is 0.681. The molecule has 3 aromatic rings. The van der Waals surface area contributed by atoms with E-state index in [2.05, 4.69) is 10.3 Å². The van der Waals surface area contributed by atoms with Gasteiger partial charge in [0, 0.05) is 24.3 Å². The Labute approximate surface area is 192 Å². The van der Waals surface area contributed by atoms with Crippen LogP contribution >= 0.6 is 11.6 Å². The number of hydrogen-bond donors (Lipinski definition) is 1. The Morgan fingerprint density at radius 2 is 1.84 bits per heavy atom. The first-order valence-electron chi connectivity index (χ1n) is 10.5. The van der Waals surface area contributed by atoms with E-state index in [9.17, 15) is 13.2 Å². The van der Waals surface area contributed by atoms with Crippen LogP contribution in [0.15, 0.2) is 57.8 Å². The summed E-state index contributed by atoms with van der Waals surface area (Å²) in [5, 5.41) is 2.88. The van der Waals surface area contributed by atoms with Gasteiger partial charge < -0.3 is 9.73 Å². The Morgan fingerprint density at radius 3 is 2.56 bits per heavy atom. The van der Waals surface area contributed by atoms with E-state index in [1.165, 1.54) is 16.4 Å². The molecule has 0 saturated carbocycles. The molecule has 1 aromatic heterocycles. The molecule has 2 aromatic carbocycles. The van der Waals surface area contributed by atoms with Gasteiger partial charge in [-0.25, -0.2) is 13.4 Å². The first kappa shape index (κ1) is 22.5. The van der Waals surface area contributed by atoms with Crippen molar-refractivity contribution in [1.29, 1.82) is 0 Å². The van der Waals surface area contributed by atoms with Gasteiger partial charge in [-0.3, -0.25) is 4.79 Å². The van der Waals surface area contributed by atoms with Gasteiger partial charge in [-0.05, 0) is 50.1 Å². The minimum Gasteiger partial charge on any atom is -0.441 e. The highest BCUT2D eigenvalue weighted by atomic mass is 35.5. The van der Waals surface area contributed by atoms with E-state index in [1.807, 2.05) is 30.3 Å². The molecule has 7 nitrogen and oxygen atoms in total. The monoisotopic (exact) mass is 473 g/mol. The van der Waals surface area contributed by atoms with Crippen molar-refractivity contribution in [2.24, 2.45) is 0 Å². The van der Waals surface area contributed by atoms with Gasteiger partial charge in [-0.15, -0.1) is 0 Å². The van der Waals surface area contributed by atoms with Crippen molar-refractivity contribution in [3.63, 3.8) is 0 Å². The second-order valence-corrected chi connectivity index (χ2v) is 10.0. The van der Waals surface area contributed by atoms with Gasteiger partial charge in [-0.1, -0.05) is 36.2 Å². The summed E-state index contributed by atoms with van der Waals surface area (Å²) in [6.07, 6.45) is 2.67. The molecule has 0 bridgehead atoms. The highest BCUT2D eigenvalue weighted by Gasteiger charge is 2.28. The Balaban J connectivity index is 1.50. The summed E-state index contributed by atoms with van der Waals surface area (Å²) >= 11 is 6.21. The molecule has 168 valence electrons. The smallest absolute Gasteiger partial charge is 0.244 e. The van der Waals surface area contributed by atoms with Crippen molar-refractivity contribution >= 4 is 33.2 Å². The Morgan fingerprint density at radius 1 is 1.12 bits per heavy atom. The molecule has 1 aliphatic rings. The fraction of sp³-hybridized carbons (Fsp3) is 0.304. The molecule has 1 aliphatic heterocycles. The van der Waals surface area contributed by atoms with Crippen molar-refractivity contribution in [2.75, 3.05) is 18.4 Å². The number of aryl methyl sites for hydroxylation is 1. The second-order valence-electron chi connectivity index (χ2n) is 7.72. The molecule has 4 rings (SSSR count). The summed E-state index contributed by atoms with van der Waals surface area (Å²) in [6, 6.07) is 13.9. The molecule has 1 saturated heterocycles. The largest absolute Gasteiger partial charge is 0.441 e. The fourth-order valence-corrected chi connectivity index (χ4v) is 5.69. The van der Waals surface area contributed by atoms with Gasteiger partial charge in [0.05, 0.1) is 17.1 Å². The van der Waals surface area contributed by atoms with E-state index in [1.54, 1.807) is 13.0 Å². The molecule has 9 heteroatoms. The number of hydrogen-bond acceptors (Lipinski definition) is 5. The van der Waals surface area contributed by atoms with Gasteiger partial charge in [0.2, 0.25) is 21.8 Å². The van der Waals surface area contributed by atoms with Crippen LogP contribution in [0.3, 0.4) is 0 Å². The van der Waals surface area contributed by atoms with Crippen molar-refractivity contribution in [3.05, 3.63) is 65.0 Å². The third-order valence-electron chi connectivity index (χ3n) is 5.39. The van der Waals surface area contributed by atoms with E-state index >= 15 is 0 Å². The lowest BCUT2D eigenvalue weighted by Crippen LogP contribution is -2.35. The average Bonchev–Trinajstić information content (AvgIpc) is 3.16. The maximum atomic E-state index is 13.0. The maximum Gasteiger partial charge on any atom is 0.244 e. The van der Waals surface area contributed by atoms with Crippen LogP contribution in [-0.2, 0) is 21.2 Å². The molecule has 0 aliphatic carbocycles. The number of anilines is 1. The van der Waals surface area contributed by atoms with Crippen molar-refractivity contribution in [2.45, 2.75) is 37.5 Å². The van der Waals surface area contributed by atoms with Crippen LogP contribution < -0.4 is 5.32 Å². The number of nitrogens with zero attached hydrogens (tertiary/aromatic N) is 2. The Hall–Kier alpha value is -2.68. The number of halogens is 1. The predicted octanol–water partition coefficient (Wildman–Crippen LogP) is 4.66. The first-order valence-corrected chi connectivity index (χ1v) is 12.3. The molecule has 2 heterocycles. The highest BCUT2D eigenvalue weighted by molar-refractivity contribution is 7.89. The minimum atomic E-state index is -3.72. The van der Waals surface area contributed by atoms with Gasteiger partial charge in [0.1, 0.15) is 10.7 Å². The van der Waals surface area contributed by atoms with E-state index in [0.717, 1.165) is 24.8 Å². The summed E-state index contributed by atoms with van der Waals surface area (Å²) in [4.78, 5) is 17.1. The van der Waals surface area contributed by atoms with Gasteiger partial charge in [0.25, 0.3) is 0 Å². The maximum absolute atomic E-state index is 13.0. The van der Waals surface area contributed by atoms with Crippen molar-refractivity contribution in [3.8, 4) is 11.5 Å². The lowest BCUT2D eigenvalue weighted by molar-refractivity contribution is -0.115. The summed E-state index contributed by atoms with van der Waals surface area (Å²) in [5.41, 5.74) is 1.71. The van der Waals surface area contributed by atoms with Gasteiger partial charge in [0.15, 0.2) is 0 Å². The zero-order valence-corrected chi connectivity index (χ0v) is 19.2. The molecule has 0 atom stereocenters. The number of oxazole rings is 1.